The summed E-state index contributed by atoms with van der Waals surface area (Å²) in [5.41, 5.74) is 13.5. The maximum Gasteiger partial charge on any atom is 0.0959 e. The van der Waals surface area contributed by atoms with Gasteiger partial charge in [0.25, 0.3) is 0 Å². The fraction of sp³-hybridized carbons (Fsp3) is 0.561. The Bertz CT molecular complexity index is 1470. The predicted octanol–water partition coefficient (Wildman–Crippen LogP) is 12.0. The van der Waals surface area contributed by atoms with E-state index in [1.807, 2.05) is 16.3 Å². The summed E-state index contributed by atoms with van der Waals surface area (Å²) in [4.78, 5) is 0. The Hall–Kier alpha value is -0.822. The Morgan fingerprint density at radius 3 is 0.875 bits per heavy atom. The zero-order valence-electron chi connectivity index (χ0n) is 34.2. The van der Waals surface area contributed by atoms with Gasteiger partial charge in [0.05, 0.1) is 8.80 Å². The van der Waals surface area contributed by atoms with Gasteiger partial charge in [-0.3, -0.25) is 0 Å². The minimum absolute atomic E-state index is 0.600. The van der Waals surface area contributed by atoms with Crippen LogP contribution in [0.1, 0.15) is 65.5 Å². The highest BCUT2D eigenvalue weighted by Gasteiger charge is 2.55. The van der Waals surface area contributed by atoms with E-state index in [1.165, 1.54) is 0 Å². The van der Waals surface area contributed by atoms with Crippen molar-refractivity contribution in [3.63, 3.8) is 0 Å². The standard InChI is InChI=1S/C41H70Si7/c1-43(2,3)39(44(4,5)6)29-27-34(40(45(7,8)9)46(10,11)12)38(35(28-29)41(47(13,14)15)48(16,17)18)42-36-30-23-19-20-24-31(30)37(42)33-26-22-21-25-32(33)36/h19-28,36-37,39-42H,1-18H3. The van der Waals surface area contributed by atoms with Crippen LogP contribution >= 0.6 is 0 Å². The van der Waals surface area contributed by atoms with Crippen molar-refractivity contribution in [2.45, 2.75) is 144 Å². The lowest BCUT2D eigenvalue weighted by Gasteiger charge is -2.47. The minimum Gasteiger partial charge on any atom is -0.0693 e. The average molecular weight is 760 g/mol. The molecule has 262 valence electrons. The molecule has 3 aromatic rings. The van der Waals surface area contributed by atoms with Crippen molar-refractivity contribution in [3.8, 4) is 0 Å². The van der Waals surface area contributed by atoms with Gasteiger partial charge < -0.3 is 0 Å². The highest BCUT2D eigenvalue weighted by Crippen LogP contribution is 2.57. The molecule has 7 heteroatoms. The largest absolute Gasteiger partial charge is 0.0959 e. The molecule has 48 heavy (non-hydrogen) atoms. The number of rotatable bonds is 10. The second kappa shape index (κ2) is 12.4. The SMILES string of the molecule is C[Si](C)(C)C(c1cc(C([Si](C)(C)C)[Si](C)(C)C)c([SiH]2C3c4ccccc4C2c2ccccc23)c(C([Si](C)(C)C)[Si](C)(C)C)c1)[Si](C)(C)C. The lowest BCUT2D eigenvalue weighted by Crippen LogP contribution is -2.55. The van der Waals surface area contributed by atoms with E-state index in [-0.39, 0.29) is 0 Å². The van der Waals surface area contributed by atoms with Crippen molar-refractivity contribution in [1.29, 1.82) is 0 Å². The van der Waals surface area contributed by atoms with Crippen LogP contribution in [0.4, 0.5) is 0 Å². The molecule has 2 aliphatic rings. The summed E-state index contributed by atoms with van der Waals surface area (Å²) in [6.07, 6.45) is 0. The van der Waals surface area contributed by atoms with Crippen molar-refractivity contribution in [2.75, 3.05) is 0 Å². The summed E-state index contributed by atoms with van der Waals surface area (Å²) in [5.74, 6) is 0. The average Bonchev–Trinajstić information content (AvgIpc) is 3.35. The van der Waals surface area contributed by atoms with Crippen molar-refractivity contribution in [2.24, 2.45) is 0 Å². The quantitative estimate of drug-likeness (QED) is 0.181. The van der Waals surface area contributed by atoms with Gasteiger partial charge in [-0.2, -0.15) is 0 Å². The molecule has 0 saturated carbocycles. The first-order valence-corrected chi connectivity index (χ1v) is 42.4. The van der Waals surface area contributed by atoms with Crippen LogP contribution in [0.15, 0.2) is 60.7 Å². The number of fused-ring (bicyclic) bond motifs is 8. The second-order valence-electron chi connectivity index (χ2n) is 22.3. The molecule has 0 N–H and O–H groups in total. The zero-order chi connectivity index (χ0) is 36.2. The molecule has 0 aromatic heterocycles. The Morgan fingerprint density at radius 2 is 0.646 bits per heavy atom. The highest BCUT2D eigenvalue weighted by molar-refractivity contribution is 6.98. The fourth-order valence-electron chi connectivity index (χ4n) is 12.3. The molecule has 0 radical (unpaired) electrons. The molecule has 2 bridgehead atoms. The molecule has 0 fully saturated rings. The van der Waals surface area contributed by atoms with Crippen LogP contribution in [0.2, 0.25) is 118 Å². The van der Waals surface area contributed by atoms with Gasteiger partial charge >= 0.3 is 0 Å². The molecule has 0 amide bonds. The van der Waals surface area contributed by atoms with E-state index >= 15 is 0 Å². The molecule has 0 atom stereocenters. The number of hydrogen-bond donors (Lipinski definition) is 0. The second-order valence-corrected chi connectivity index (χ2v) is 58.9. The summed E-state index contributed by atoms with van der Waals surface area (Å²) >= 11 is 0. The summed E-state index contributed by atoms with van der Waals surface area (Å²) in [5, 5.41) is 4.26. The number of benzene rings is 3. The molecule has 0 saturated heterocycles. The first-order chi connectivity index (χ1) is 21.7. The van der Waals surface area contributed by atoms with Gasteiger partial charge in [-0.1, -0.05) is 195 Å². The van der Waals surface area contributed by atoms with E-state index in [0.717, 1.165) is 15.5 Å². The van der Waals surface area contributed by atoms with E-state index in [9.17, 15) is 0 Å². The first kappa shape index (κ1) is 38.4. The highest BCUT2D eigenvalue weighted by atomic mass is 28.4. The van der Waals surface area contributed by atoms with E-state index in [2.05, 4.69) is 179 Å². The molecule has 2 aliphatic heterocycles. The molecule has 0 aliphatic carbocycles. The minimum atomic E-state index is -1.60. The van der Waals surface area contributed by atoms with Gasteiger partial charge in [0.2, 0.25) is 0 Å². The third-order valence-electron chi connectivity index (χ3n) is 11.8. The van der Waals surface area contributed by atoms with Crippen LogP contribution in [0.5, 0.6) is 0 Å². The summed E-state index contributed by atoms with van der Waals surface area (Å²) in [7, 11) is -11.0. The smallest absolute Gasteiger partial charge is 0.0693 e. The molecule has 0 unspecified atom stereocenters. The van der Waals surface area contributed by atoms with Crippen LogP contribution < -0.4 is 5.19 Å². The maximum atomic E-state index is 2.97. The molecule has 0 nitrogen and oxygen atoms in total. The monoisotopic (exact) mass is 758 g/mol. The van der Waals surface area contributed by atoms with Gasteiger partial charge in [-0.15, -0.1) is 0 Å². The van der Waals surface area contributed by atoms with Crippen molar-refractivity contribution in [3.05, 3.63) is 99.6 Å². The van der Waals surface area contributed by atoms with Gasteiger partial charge in [-0.25, -0.2) is 0 Å². The molecule has 0 spiro atoms. The maximum absolute atomic E-state index is 2.97. The van der Waals surface area contributed by atoms with Gasteiger partial charge in [-0.05, 0) is 43.3 Å². The van der Waals surface area contributed by atoms with Crippen molar-refractivity contribution < 1.29 is 0 Å². The van der Waals surface area contributed by atoms with E-state index in [4.69, 9.17) is 0 Å². The van der Waals surface area contributed by atoms with Gasteiger partial charge in [0, 0.05) is 59.5 Å². The molecular formula is C41H70Si7. The topological polar surface area (TPSA) is 0 Å². The normalized spacial score (nSPS) is 20.2. The van der Waals surface area contributed by atoms with Crippen molar-refractivity contribution in [1.82, 2.24) is 0 Å². The van der Waals surface area contributed by atoms with Crippen LogP contribution in [0.3, 0.4) is 0 Å². The van der Waals surface area contributed by atoms with Crippen LogP contribution in [0, 0.1) is 0 Å². The Kier molecular flexibility index (Phi) is 9.92. The van der Waals surface area contributed by atoms with E-state index in [0.29, 0.717) is 11.1 Å². The predicted molar refractivity (Wildman–Crippen MR) is 238 cm³/mol. The van der Waals surface area contributed by atoms with Crippen LogP contribution in [0.25, 0.3) is 0 Å². The summed E-state index contributed by atoms with van der Waals surface area (Å²) < 4.78 is 0. The van der Waals surface area contributed by atoms with Crippen LogP contribution in [-0.4, -0.2) is 57.2 Å². The zero-order valence-corrected chi connectivity index (χ0v) is 41.4. The van der Waals surface area contributed by atoms with E-state index < -0.39 is 57.2 Å². The fourth-order valence-corrected chi connectivity index (χ4v) is 56.3. The lowest BCUT2D eigenvalue weighted by molar-refractivity contribution is 1.04. The molecular weight excluding hydrogens is 689 g/mol. The van der Waals surface area contributed by atoms with Crippen LogP contribution in [-0.2, 0) is 0 Å². The molecule has 2 heterocycles. The third kappa shape index (κ3) is 6.88. The van der Waals surface area contributed by atoms with Gasteiger partial charge in [0.15, 0.2) is 0 Å². The Balaban J connectivity index is 2.02. The van der Waals surface area contributed by atoms with E-state index in [1.54, 1.807) is 27.8 Å². The first-order valence-electron chi connectivity index (χ1n) is 19.0. The number of hydrogen-bond acceptors (Lipinski definition) is 0. The third-order valence-corrected chi connectivity index (χ3v) is 43.9. The lowest BCUT2D eigenvalue weighted by atomic mass is 9.86. The Morgan fingerprint density at radius 1 is 0.396 bits per heavy atom. The summed E-state index contributed by atoms with van der Waals surface area (Å²) in [6, 6.07) is 25.4. The Labute approximate surface area is 304 Å². The molecule has 5 rings (SSSR count). The summed E-state index contributed by atoms with van der Waals surface area (Å²) in [6.45, 7) is 48.8. The van der Waals surface area contributed by atoms with Gasteiger partial charge in [0.1, 0.15) is 0 Å². The van der Waals surface area contributed by atoms with Crippen molar-refractivity contribution >= 4 is 62.4 Å². The molecule has 3 aromatic carbocycles.